The zero-order valence-corrected chi connectivity index (χ0v) is 10.6. The van der Waals surface area contributed by atoms with E-state index < -0.39 is 0 Å². The van der Waals surface area contributed by atoms with E-state index in [0.717, 1.165) is 12.5 Å². The molecule has 88 valence electrons. The molecule has 1 unspecified atom stereocenters. The third-order valence-corrected chi connectivity index (χ3v) is 3.35. The lowest BCUT2D eigenvalue weighted by molar-refractivity contribution is 0.549. The average Bonchev–Trinajstić information content (AvgIpc) is 2.65. The highest BCUT2D eigenvalue weighted by atomic mass is 15.2. The van der Waals surface area contributed by atoms with Crippen LogP contribution in [-0.2, 0) is 0 Å². The van der Waals surface area contributed by atoms with Crippen molar-refractivity contribution < 1.29 is 0 Å². The first-order valence-corrected chi connectivity index (χ1v) is 6.17. The number of hydrogen-bond acceptors (Lipinski definition) is 2. The molecule has 2 nitrogen and oxygen atoms in total. The summed E-state index contributed by atoms with van der Waals surface area (Å²) in [4.78, 5) is 2.52. The second-order valence-electron chi connectivity index (χ2n) is 5.00. The first-order valence-electron chi connectivity index (χ1n) is 6.17. The van der Waals surface area contributed by atoms with Crippen molar-refractivity contribution >= 4 is 5.69 Å². The summed E-state index contributed by atoms with van der Waals surface area (Å²) in [5.41, 5.74) is 4.13. The lowest BCUT2D eigenvalue weighted by Crippen LogP contribution is -2.24. The maximum atomic E-state index is 3.28. The molecule has 0 radical (unpaired) electrons. The van der Waals surface area contributed by atoms with Gasteiger partial charge in [-0.1, -0.05) is 6.07 Å². The predicted octanol–water partition coefficient (Wildman–Crippen LogP) is 2.35. The molecule has 1 aliphatic rings. The Bertz CT molecular complexity index is 340. The SMILES string of the molecule is CNCC1CCN(c2cc(C)cc(C)c2)C1. The van der Waals surface area contributed by atoms with Crippen LogP contribution in [0.1, 0.15) is 17.5 Å². The van der Waals surface area contributed by atoms with E-state index in [1.165, 1.54) is 36.3 Å². The van der Waals surface area contributed by atoms with Crippen molar-refractivity contribution in [3.8, 4) is 0 Å². The number of rotatable bonds is 3. The summed E-state index contributed by atoms with van der Waals surface area (Å²) in [6.45, 7) is 7.90. The molecule has 0 amide bonds. The molecule has 0 bridgehead atoms. The van der Waals surface area contributed by atoms with Gasteiger partial charge in [0.05, 0.1) is 0 Å². The molecule has 0 aromatic heterocycles. The molecule has 16 heavy (non-hydrogen) atoms. The van der Waals surface area contributed by atoms with Crippen LogP contribution in [0.3, 0.4) is 0 Å². The standard InChI is InChI=1S/C14H22N2/c1-11-6-12(2)8-14(7-11)16-5-4-13(10-16)9-15-3/h6-8,13,15H,4-5,9-10H2,1-3H3. The van der Waals surface area contributed by atoms with Crippen molar-refractivity contribution in [3.63, 3.8) is 0 Å². The number of anilines is 1. The van der Waals surface area contributed by atoms with Crippen molar-refractivity contribution in [2.24, 2.45) is 5.92 Å². The van der Waals surface area contributed by atoms with Gasteiger partial charge in [0.1, 0.15) is 0 Å². The van der Waals surface area contributed by atoms with Crippen LogP contribution >= 0.6 is 0 Å². The number of benzene rings is 1. The van der Waals surface area contributed by atoms with E-state index in [-0.39, 0.29) is 0 Å². The summed E-state index contributed by atoms with van der Waals surface area (Å²) in [7, 11) is 2.04. The van der Waals surface area contributed by atoms with E-state index in [1.54, 1.807) is 0 Å². The van der Waals surface area contributed by atoms with Gasteiger partial charge in [-0.25, -0.2) is 0 Å². The number of nitrogens with zero attached hydrogens (tertiary/aromatic N) is 1. The number of hydrogen-bond donors (Lipinski definition) is 1. The molecule has 1 heterocycles. The van der Waals surface area contributed by atoms with E-state index in [4.69, 9.17) is 0 Å². The number of nitrogens with one attached hydrogen (secondary N) is 1. The van der Waals surface area contributed by atoms with Gasteiger partial charge in [0.25, 0.3) is 0 Å². The van der Waals surface area contributed by atoms with Crippen molar-refractivity contribution in [3.05, 3.63) is 29.3 Å². The molecule has 1 aromatic carbocycles. The summed E-state index contributed by atoms with van der Waals surface area (Å²) in [6, 6.07) is 6.84. The fourth-order valence-corrected chi connectivity index (χ4v) is 2.66. The van der Waals surface area contributed by atoms with Gasteiger partial charge >= 0.3 is 0 Å². The van der Waals surface area contributed by atoms with Crippen LogP contribution in [0.25, 0.3) is 0 Å². The summed E-state index contributed by atoms with van der Waals surface area (Å²) in [5.74, 6) is 0.811. The van der Waals surface area contributed by atoms with Crippen LogP contribution in [0, 0.1) is 19.8 Å². The van der Waals surface area contributed by atoms with Gasteiger partial charge in [0, 0.05) is 18.8 Å². The largest absolute Gasteiger partial charge is 0.371 e. The molecule has 0 aliphatic carbocycles. The Labute approximate surface area is 98.7 Å². The van der Waals surface area contributed by atoms with E-state index in [2.05, 4.69) is 42.3 Å². The van der Waals surface area contributed by atoms with E-state index in [1.807, 2.05) is 7.05 Å². The average molecular weight is 218 g/mol. The molecule has 1 aromatic rings. The Morgan fingerprint density at radius 2 is 1.94 bits per heavy atom. The normalized spacial score (nSPS) is 20.4. The first-order chi connectivity index (χ1) is 7.69. The van der Waals surface area contributed by atoms with Gasteiger partial charge in [-0.15, -0.1) is 0 Å². The van der Waals surface area contributed by atoms with Crippen LogP contribution in [-0.4, -0.2) is 26.7 Å². The van der Waals surface area contributed by atoms with Crippen LogP contribution in [0.15, 0.2) is 18.2 Å². The minimum atomic E-state index is 0.811. The zero-order chi connectivity index (χ0) is 11.5. The molecular formula is C14H22N2. The highest BCUT2D eigenvalue weighted by Crippen LogP contribution is 2.25. The molecule has 1 atom stereocenters. The Morgan fingerprint density at radius 3 is 2.56 bits per heavy atom. The van der Waals surface area contributed by atoms with Crippen molar-refractivity contribution in [1.82, 2.24) is 5.32 Å². The molecule has 1 fully saturated rings. The summed E-state index contributed by atoms with van der Waals surface area (Å²) < 4.78 is 0. The predicted molar refractivity (Wildman–Crippen MR) is 70.2 cm³/mol. The highest BCUT2D eigenvalue weighted by molar-refractivity contribution is 5.51. The van der Waals surface area contributed by atoms with Crippen LogP contribution in [0.2, 0.25) is 0 Å². The van der Waals surface area contributed by atoms with E-state index in [0.29, 0.717) is 0 Å². The van der Waals surface area contributed by atoms with E-state index in [9.17, 15) is 0 Å². The Balaban J connectivity index is 2.08. The third kappa shape index (κ3) is 2.56. The quantitative estimate of drug-likeness (QED) is 0.838. The molecule has 0 saturated carbocycles. The van der Waals surface area contributed by atoms with Crippen LogP contribution in [0.5, 0.6) is 0 Å². The van der Waals surface area contributed by atoms with Gasteiger partial charge in [0.15, 0.2) is 0 Å². The van der Waals surface area contributed by atoms with Gasteiger partial charge in [-0.05, 0) is 63.0 Å². The lowest BCUT2D eigenvalue weighted by atomic mass is 10.1. The molecule has 2 rings (SSSR count). The zero-order valence-electron chi connectivity index (χ0n) is 10.6. The molecule has 0 spiro atoms. The minimum Gasteiger partial charge on any atom is -0.371 e. The fraction of sp³-hybridized carbons (Fsp3) is 0.571. The maximum absolute atomic E-state index is 3.28. The Kier molecular flexibility index (Phi) is 3.49. The first kappa shape index (κ1) is 11.5. The Morgan fingerprint density at radius 1 is 1.25 bits per heavy atom. The fourth-order valence-electron chi connectivity index (χ4n) is 2.66. The van der Waals surface area contributed by atoms with Crippen LogP contribution < -0.4 is 10.2 Å². The topological polar surface area (TPSA) is 15.3 Å². The number of aryl methyl sites for hydroxylation is 2. The van der Waals surface area contributed by atoms with Crippen molar-refractivity contribution in [2.75, 3.05) is 31.6 Å². The molecule has 1 N–H and O–H groups in total. The molecule has 1 saturated heterocycles. The smallest absolute Gasteiger partial charge is 0.0371 e. The minimum absolute atomic E-state index is 0.811. The van der Waals surface area contributed by atoms with Crippen molar-refractivity contribution in [1.29, 1.82) is 0 Å². The summed E-state index contributed by atoms with van der Waals surface area (Å²) >= 11 is 0. The summed E-state index contributed by atoms with van der Waals surface area (Å²) in [6.07, 6.45) is 1.31. The lowest BCUT2D eigenvalue weighted by Gasteiger charge is -2.20. The monoisotopic (exact) mass is 218 g/mol. The summed E-state index contributed by atoms with van der Waals surface area (Å²) in [5, 5.41) is 3.28. The van der Waals surface area contributed by atoms with Gasteiger partial charge < -0.3 is 10.2 Å². The maximum Gasteiger partial charge on any atom is 0.0371 e. The van der Waals surface area contributed by atoms with Gasteiger partial charge in [0.2, 0.25) is 0 Å². The molecular weight excluding hydrogens is 196 g/mol. The molecule has 1 aliphatic heterocycles. The van der Waals surface area contributed by atoms with Crippen molar-refractivity contribution in [2.45, 2.75) is 20.3 Å². The van der Waals surface area contributed by atoms with Crippen LogP contribution in [0.4, 0.5) is 5.69 Å². The highest BCUT2D eigenvalue weighted by Gasteiger charge is 2.21. The van der Waals surface area contributed by atoms with E-state index >= 15 is 0 Å². The van der Waals surface area contributed by atoms with Gasteiger partial charge in [-0.2, -0.15) is 0 Å². The second kappa shape index (κ2) is 4.88. The van der Waals surface area contributed by atoms with Gasteiger partial charge in [-0.3, -0.25) is 0 Å². The second-order valence-corrected chi connectivity index (χ2v) is 5.00. The molecule has 2 heteroatoms. The third-order valence-electron chi connectivity index (χ3n) is 3.35. The Hall–Kier alpha value is -1.02.